The summed E-state index contributed by atoms with van der Waals surface area (Å²) in [5.74, 6) is -0.260. The number of carbonyl (C=O) groups excluding carboxylic acids is 1. The Kier molecular flexibility index (Phi) is 5.15. The van der Waals surface area contributed by atoms with E-state index in [1.807, 2.05) is 6.07 Å². The van der Waals surface area contributed by atoms with Gasteiger partial charge in [0.15, 0.2) is 0 Å². The molecule has 0 fully saturated rings. The third-order valence-electron chi connectivity index (χ3n) is 2.87. The van der Waals surface area contributed by atoms with Crippen LogP contribution in [0.25, 0.3) is 0 Å². The number of carbonyl (C=O) groups is 1. The third-order valence-corrected chi connectivity index (χ3v) is 6.57. The second-order valence-corrected chi connectivity index (χ2v) is 8.31. The Bertz CT molecular complexity index is 731. The highest BCUT2D eigenvalue weighted by atomic mass is 32.2. The summed E-state index contributed by atoms with van der Waals surface area (Å²) in [5.41, 5.74) is 0. The zero-order valence-corrected chi connectivity index (χ0v) is 14.1. The summed E-state index contributed by atoms with van der Waals surface area (Å²) in [6, 6.07) is 5.43. The van der Waals surface area contributed by atoms with Crippen LogP contribution in [0, 0.1) is 0 Å². The van der Waals surface area contributed by atoms with E-state index in [-0.39, 0.29) is 10.8 Å². The van der Waals surface area contributed by atoms with E-state index in [0.29, 0.717) is 11.4 Å². The summed E-state index contributed by atoms with van der Waals surface area (Å²) < 4.78 is 25.5. The van der Waals surface area contributed by atoms with Crippen molar-refractivity contribution in [1.29, 1.82) is 0 Å². The normalized spacial score (nSPS) is 11.5. The first-order valence-corrected chi connectivity index (χ1v) is 9.52. The van der Waals surface area contributed by atoms with E-state index in [2.05, 4.69) is 23.0 Å². The summed E-state index contributed by atoms with van der Waals surface area (Å²) in [6.07, 6.45) is 0.981. The van der Waals surface area contributed by atoms with Gasteiger partial charge in [-0.1, -0.05) is 6.92 Å². The lowest BCUT2D eigenvalue weighted by Crippen LogP contribution is -2.21. The van der Waals surface area contributed by atoms with Crippen molar-refractivity contribution < 1.29 is 13.2 Å². The molecule has 2 heterocycles. The molecule has 0 aromatic carbocycles. The minimum atomic E-state index is -3.50. The standard InChI is InChI=1S/C13H16N2O3S3/c1-3-9-4-5-10(20-9)7-15-13(16)12-6-11(8-19-12)21(17,18)14-2/h4-6,8,14H,3,7H2,1-2H3,(H,15,16). The number of nitrogens with one attached hydrogen (secondary N) is 2. The SMILES string of the molecule is CCc1ccc(CNC(=O)c2cc(S(=O)(=O)NC)cs2)s1. The number of hydrogen-bond acceptors (Lipinski definition) is 5. The van der Waals surface area contributed by atoms with Crippen LogP contribution in [-0.2, 0) is 23.0 Å². The molecule has 0 atom stereocenters. The van der Waals surface area contributed by atoms with Gasteiger partial charge in [0.2, 0.25) is 10.0 Å². The maximum atomic E-state index is 12.0. The highest BCUT2D eigenvalue weighted by Crippen LogP contribution is 2.20. The first kappa shape index (κ1) is 16.2. The van der Waals surface area contributed by atoms with E-state index in [1.165, 1.54) is 23.4 Å². The zero-order valence-electron chi connectivity index (χ0n) is 11.7. The van der Waals surface area contributed by atoms with Crippen LogP contribution in [0.1, 0.15) is 26.3 Å². The van der Waals surface area contributed by atoms with Gasteiger partial charge >= 0.3 is 0 Å². The van der Waals surface area contributed by atoms with Crippen molar-refractivity contribution in [2.45, 2.75) is 24.8 Å². The third kappa shape index (κ3) is 3.91. The van der Waals surface area contributed by atoms with Crippen LogP contribution in [-0.4, -0.2) is 21.4 Å². The number of sulfonamides is 1. The number of aryl methyl sites for hydroxylation is 1. The Morgan fingerprint density at radius 2 is 2.00 bits per heavy atom. The van der Waals surface area contributed by atoms with Crippen molar-refractivity contribution in [1.82, 2.24) is 10.0 Å². The lowest BCUT2D eigenvalue weighted by atomic mass is 10.3. The van der Waals surface area contributed by atoms with Gasteiger partial charge in [-0.3, -0.25) is 4.79 Å². The molecule has 0 radical (unpaired) electrons. The van der Waals surface area contributed by atoms with E-state index < -0.39 is 10.0 Å². The van der Waals surface area contributed by atoms with Crippen molar-refractivity contribution >= 4 is 38.6 Å². The minimum absolute atomic E-state index is 0.115. The molecule has 1 amide bonds. The Labute approximate surface area is 132 Å². The molecular formula is C13H16N2O3S3. The van der Waals surface area contributed by atoms with E-state index in [0.717, 1.165) is 22.6 Å². The minimum Gasteiger partial charge on any atom is -0.346 e. The quantitative estimate of drug-likeness (QED) is 0.844. The molecule has 114 valence electrons. The fraction of sp³-hybridized carbons (Fsp3) is 0.308. The van der Waals surface area contributed by atoms with Gasteiger partial charge in [0.25, 0.3) is 5.91 Å². The summed E-state index contributed by atoms with van der Waals surface area (Å²) in [4.78, 5) is 14.9. The predicted molar refractivity (Wildman–Crippen MR) is 85.4 cm³/mol. The molecule has 21 heavy (non-hydrogen) atoms. The summed E-state index contributed by atoms with van der Waals surface area (Å²) in [7, 11) is -2.15. The fourth-order valence-corrected chi connectivity index (χ4v) is 4.48. The monoisotopic (exact) mass is 344 g/mol. The van der Waals surface area contributed by atoms with Gasteiger partial charge in [-0.15, -0.1) is 22.7 Å². The zero-order chi connectivity index (χ0) is 15.5. The smallest absolute Gasteiger partial charge is 0.261 e. The first-order valence-electron chi connectivity index (χ1n) is 6.34. The summed E-state index contributed by atoms with van der Waals surface area (Å²) in [5, 5.41) is 4.26. The molecule has 0 aliphatic heterocycles. The van der Waals surface area contributed by atoms with Crippen LogP contribution in [0.4, 0.5) is 0 Å². The molecular weight excluding hydrogens is 328 g/mol. The summed E-state index contributed by atoms with van der Waals surface area (Å²) in [6.45, 7) is 2.54. The Morgan fingerprint density at radius 1 is 1.29 bits per heavy atom. The molecule has 0 saturated carbocycles. The predicted octanol–water partition coefficient (Wildman–Crippen LogP) is 2.21. The van der Waals surface area contributed by atoms with Crippen LogP contribution in [0.3, 0.4) is 0 Å². The van der Waals surface area contributed by atoms with Gasteiger partial charge in [0, 0.05) is 15.1 Å². The molecule has 0 spiro atoms. The van der Waals surface area contributed by atoms with Crippen LogP contribution in [0.15, 0.2) is 28.5 Å². The van der Waals surface area contributed by atoms with Crippen LogP contribution in [0.5, 0.6) is 0 Å². The molecule has 2 N–H and O–H groups in total. The molecule has 0 saturated heterocycles. The molecule has 8 heteroatoms. The Balaban J connectivity index is 2.01. The Morgan fingerprint density at radius 3 is 2.62 bits per heavy atom. The maximum Gasteiger partial charge on any atom is 0.261 e. The molecule has 0 aliphatic rings. The molecule has 0 aliphatic carbocycles. The van der Waals surface area contributed by atoms with Gasteiger partial charge in [-0.25, -0.2) is 13.1 Å². The number of hydrogen-bond donors (Lipinski definition) is 2. The van der Waals surface area contributed by atoms with Gasteiger partial charge in [-0.05, 0) is 31.7 Å². The molecule has 2 aromatic heterocycles. The van der Waals surface area contributed by atoms with Crippen molar-refractivity contribution in [2.75, 3.05) is 7.05 Å². The molecule has 0 unspecified atom stereocenters. The van der Waals surface area contributed by atoms with E-state index in [4.69, 9.17) is 0 Å². The van der Waals surface area contributed by atoms with E-state index in [1.54, 1.807) is 11.3 Å². The average molecular weight is 344 g/mol. The first-order chi connectivity index (χ1) is 9.96. The largest absolute Gasteiger partial charge is 0.346 e. The van der Waals surface area contributed by atoms with E-state index in [9.17, 15) is 13.2 Å². The highest BCUT2D eigenvalue weighted by molar-refractivity contribution is 7.89. The van der Waals surface area contributed by atoms with Gasteiger partial charge in [0.05, 0.1) is 16.3 Å². The van der Waals surface area contributed by atoms with Gasteiger partial charge in [-0.2, -0.15) is 0 Å². The number of thiophene rings is 2. The van der Waals surface area contributed by atoms with Crippen molar-refractivity contribution in [3.63, 3.8) is 0 Å². The van der Waals surface area contributed by atoms with E-state index >= 15 is 0 Å². The van der Waals surface area contributed by atoms with Crippen LogP contribution < -0.4 is 10.0 Å². The second-order valence-electron chi connectivity index (χ2n) is 4.26. The fourth-order valence-electron chi connectivity index (χ4n) is 1.66. The van der Waals surface area contributed by atoms with Gasteiger partial charge < -0.3 is 5.32 Å². The van der Waals surface area contributed by atoms with Crippen molar-refractivity contribution in [2.24, 2.45) is 0 Å². The highest BCUT2D eigenvalue weighted by Gasteiger charge is 2.17. The van der Waals surface area contributed by atoms with Crippen LogP contribution in [0.2, 0.25) is 0 Å². The lowest BCUT2D eigenvalue weighted by molar-refractivity contribution is 0.0955. The molecule has 5 nitrogen and oxygen atoms in total. The topological polar surface area (TPSA) is 75.3 Å². The molecule has 2 rings (SSSR count). The lowest BCUT2D eigenvalue weighted by Gasteiger charge is -2.01. The summed E-state index contributed by atoms with van der Waals surface area (Å²) >= 11 is 2.78. The maximum absolute atomic E-state index is 12.0. The van der Waals surface area contributed by atoms with Crippen molar-refractivity contribution in [3.8, 4) is 0 Å². The Hall–Kier alpha value is -1.22. The molecule has 0 bridgehead atoms. The average Bonchev–Trinajstić information content (AvgIpc) is 3.13. The number of rotatable bonds is 6. The van der Waals surface area contributed by atoms with Crippen LogP contribution >= 0.6 is 22.7 Å². The van der Waals surface area contributed by atoms with Crippen molar-refractivity contribution in [3.05, 3.63) is 38.2 Å². The van der Waals surface area contributed by atoms with Gasteiger partial charge in [0.1, 0.15) is 0 Å². The number of amides is 1. The molecule has 2 aromatic rings. The second kappa shape index (κ2) is 6.69.